The van der Waals surface area contributed by atoms with Crippen molar-refractivity contribution < 1.29 is 4.79 Å². The molecule has 1 fully saturated rings. The van der Waals surface area contributed by atoms with E-state index in [1.807, 2.05) is 35.2 Å². The van der Waals surface area contributed by atoms with Gasteiger partial charge in [-0.05, 0) is 24.5 Å². The quantitative estimate of drug-likeness (QED) is 0.939. The Labute approximate surface area is 131 Å². The maximum Gasteiger partial charge on any atom is 0.321 e. The number of likely N-dealkylation sites (tertiary alicyclic amines) is 1. The molecule has 0 unspecified atom stereocenters. The fraction of sp³-hybridized carbons (Fsp3) is 0.389. The van der Waals surface area contributed by atoms with Crippen molar-refractivity contribution in [1.82, 2.24) is 9.80 Å². The molecular formula is C18H23N3O. The van der Waals surface area contributed by atoms with Crippen molar-refractivity contribution in [2.24, 2.45) is 0 Å². The second kappa shape index (κ2) is 6.36. The molecule has 1 saturated heterocycles. The van der Waals surface area contributed by atoms with Crippen molar-refractivity contribution in [1.29, 1.82) is 0 Å². The molecule has 1 aliphatic heterocycles. The van der Waals surface area contributed by atoms with Crippen LogP contribution in [0.25, 0.3) is 10.8 Å². The van der Waals surface area contributed by atoms with Crippen LogP contribution in [0.3, 0.4) is 0 Å². The second-order valence-corrected chi connectivity index (χ2v) is 5.74. The van der Waals surface area contributed by atoms with E-state index in [9.17, 15) is 4.79 Å². The summed E-state index contributed by atoms with van der Waals surface area (Å²) < 4.78 is 0. The molecule has 2 aromatic carbocycles. The van der Waals surface area contributed by atoms with E-state index >= 15 is 0 Å². The largest absolute Gasteiger partial charge is 0.321 e. The van der Waals surface area contributed by atoms with E-state index in [0.29, 0.717) is 6.04 Å². The number of rotatable bonds is 4. The monoisotopic (exact) mass is 297 g/mol. The molecule has 0 bridgehead atoms. The molecule has 0 atom stereocenters. The minimum Gasteiger partial charge on any atom is -0.321 e. The molecule has 0 aliphatic carbocycles. The van der Waals surface area contributed by atoms with Crippen molar-refractivity contribution in [2.45, 2.75) is 19.9 Å². The highest BCUT2D eigenvalue weighted by molar-refractivity contribution is 6.01. The minimum absolute atomic E-state index is 0.000223. The van der Waals surface area contributed by atoms with Gasteiger partial charge in [0, 0.05) is 24.5 Å². The van der Waals surface area contributed by atoms with Crippen LogP contribution in [0.5, 0.6) is 0 Å². The third kappa shape index (κ3) is 2.79. The summed E-state index contributed by atoms with van der Waals surface area (Å²) in [5.41, 5.74) is 0.884. The Morgan fingerprint density at radius 2 is 1.82 bits per heavy atom. The molecule has 1 aliphatic rings. The van der Waals surface area contributed by atoms with E-state index < -0.39 is 0 Å². The number of likely N-dealkylation sites (N-methyl/N-ethyl adjacent to an activating group) is 1. The zero-order chi connectivity index (χ0) is 15.5. The van der Waals surface area contributed by atoms with Crippen molar-refractivity contribution in [3.05, 3.63) is 42.5 Å². The lowest BCUT2D eigenvalue weighted by Gasteiger charge is -2.44. The van der Waals surface area contributed by atoms with Crippen LogP contribution in [-0.2, 0) is 0 Å². The van der Waals surface area contributed by atoms with Gasteiger partial charge in [-0.2, -0.15) is 0 Å². The number of carbonyl (C=O) groups excluding carboxylic acids is 1. The van der Waals surface area contributed by atoms with Gasteiger partial charge in [0.1, 0.15) is 0 Å². The SMILES string of the molecule is CCN(CC)C1CN(C(=O)Nc2cccc3ccccc23)C1. The van der Waals surface area contributed by atoms with E-state index in [2.05, 4.69) is 36.2 Å². The maximum atomic E-state index is 12.4. The lowest BCUT2D eigenvalue weighted by Crippen LogP contribution is -2.61. The minimum atomic E-state index is -0.000223. The van der Waals surface area contributed by atoms with Gasteiger partial charge in [-0.25, -0.2) is 4.79 Å². The summed E-state index contributed by atoms with van der Waals surface area (Å²) in [7, 11) is 0. The molecule has 22 heavy (non-hydrogen) atoms. The Bertz CT molecular complexity index is 655. The van der Waals surface area contributed by atoms with Gasteiger partial charge in [-0.15, -0.1) is 0 Å². The van der Waals surface area contributed by atoms with Crippen molar-refractivity contribution >= 4 is 22.5 Å². The first-order valence-corrected chi connectivity index (χ1v) is 8.00. The van der Waals surface area contributed by atoms with Gasteiger partial charge in [0.2, 0.25) is 0 Å². The molecule has 4 nitrogen and oxygen atoms in total. The predicted molar refractivity (Wildman–Crippen MR) is 91.2 cm³/mol. The first kappa shape index (κ1) is 14.9. The summed E-state index contributed by atoms with van der Waals surface area (Å²) in [4.78, 5) is 16.7. The summed E-state index contributed by atoms with van der Waals surface area (Å²) in [5, 5.41) is 5.28. The van der Waals surface area contributed by atoms with Crippen LogP contribution in [0, 0.1) is 0 Å². The van der Waals surface area contributed by atoms with E-state index in [1.54, 1.807) is 0 Å². The van der Waals surface area contributed by atoms with Crippen LogP contribution >= 0.6 is 0 Å². The zero-order valence-electron chi connectivity index (χ0n) is 13.2. The van der Waals surface area contributed by atoms with Gasteiger partial charge in [-0.3, -0.25) is 4.90 Å². The Hall–Kier alpha value is -2.07. The van der Waals surface area contributed by atoms with E-state index in [0.717, 1.165) is 42.6 Å². The highest BCUT2D eigenvalue weighted by atomic mass is 16.2. The summed E-state index contributed by atoms with van der Waals surface area (Å²) in [5.74, 6) is 0. The Morgan fingerprint density at radius 1 is 1.14 bits per heavy atom. The third-order valence-electron chi connectivity index (χ3n) is 4.51. The van der Waals surface area contributed by atoms with Gasteiger partial charge in [0.15, 0.2) is 0 Å². The molecule has 1 N–H and O–H groups in total. The molecule has 3 rings (SSSR count). The number of fused-ring (bicyclic) bond motifs is 1. The maximum absolute atomic E-state index is 12.4. The highest BCUT2D eigenvalue weighted by Crippen LogP contribution is 2.24. The van der Waals surface area contributed by atoms with Crippen LogP contribution in [-0.4, -0.2) is 48.1 Å². The van der Waals surface area contributed by atoms with Crippen molar-refractivity contribution in [3.63, 3.8) is 0 Å². The first-order chi connectivity index (χ1) is 10.7. The number of hydrogen-bond acceptors (Lipinski definition) is 2. The van der Waals surface area contributed by atoms with E-state index in [4.69, 9.17) is 0 Å². The van der Waals surface area contributed by atoms with Gasteiger partial charge in [-0.1, -0.05) is 50.2 Å². The molecule has 2 aromatic rings. The molecular weight excluding hydrogens is 274 g/mol. The summed E-state index contributed by atoms with van der Waals surface area (Å²) in [6.07, 6.45) is 0. The molecule has 0 radical (unpaired) electrons. The zero-order valence-corrected chi connectivity index (χ0v) is 13.2. The lowest BCUT2D eigenvalue weighted by atomic mass is 10.1. The topological polar surface area (TPSA) is 35.6 Å². The van der Waals surface area contributed by atoms with Crippen LogP contribution < -0.4 is 5.32 Å². The molecule has 1 heterocycles. The van der Waals surface area contributed by atoms with Gasteiger partial charge in [0.05, 0.1) is 5.69 Å². The lowest BCUT2D eigenvalue weighted by molar-refractivity contribution is 0.0686. The van der Waals surface area contributed by atoms with Crippen LogP contribution in [0.1, 0.15) is 13.8 Å². The third-order valence-corrected chi connectivity index (χ3v) is 4.51. The normalized spacial score (nSPS) is 15.1. The molecule has 4 heteroatoms. The average molecular weight is 297 g/mol. The number of benzene rings is 2. The highest BCUT2D eigenvalue weighted by Gasteiger charge is 2.33. The fourth-order valence-corrected chi connectivity index (χ4v) is 3.12. The molecule has 2 amide bonds. The Morgan fingerprint density at radius 3 is 2.55 bits per heavy atom. The number of nitrogens with zero attached hydrogens (tertiary/aromatic N) is 2. The number of amides is 2. The van der Waals surface area contributed by atoms with Gasteiger partial charge < -0.3 is 10.2 Å². The molecule has 116 valence electrons. The number of nitrogens with one attached hydrogen (secondary N) is 1. The summed E-state index contributed by atoms with van der Waals surface area (Å²) >= 11 is 0. The second-order valence-electron chi connectivity index (χ2n) is 5.74. The van der Waals surface area contributed by atoms with E-state index in [-0.39, 0.29) is 6.03 Å². The predicted octanol–water partition coefficient (Wildman–Crippen LogP) is 3.40. The van der Waals surface area contributed by atoms with Crippen molar-refractivity contribution in [2.75, 3.05) is 31.5 Å². The number of carbonyl (C=O) groups is 1. The standard InChI is InChI=1S/C18H23N3O/c1-3-20(4-2)15-12-21(13-15)18(22)19-17-11-7-9-14-8-5-6-10-16(14)17/h5-11,15H,3-4,12-13H2,1-2H3,(H,19,22). The average Bonchev–Trinajstić information content (AvgIpc) is 2.50. The Kier molecular flexibility index (Phi) is 4.29. The van der Waals surface area contributed by atoms with Crippen LogP contribution in [0.4, 0.5) is 10.5 Å². The van der Waals surface area contributed by atoms with Crippen LogP contribution in [0.15, 0.2) is 42.5 Å². The fourth-order valence-electron chi connectivity index (χ4n) is 3.12. The Balaban J connectivity index is 1.65. The van der Waals surface area contributed by atoms with Gasteiger partial charge in [0.25, 0.3) is 0 Å². The summed E-state index contributed by atoms with van der Waals surface area (Å²) in [6.45, 7) is 8.06. The van der Waals surface area contributed by atoms with Crippen molar-refractivity contribution in [3.8, 4) is 0 Å². The van der Waals surface area contributed by atoms with Gasteiger partial charge >= 0.3 is 6.03 Å². The number of anilines is 1. The number of hydrogen-bond donors (Lipinski definition) is 1. The smallest absolute Gasteiger partial charge is 0.321 e. The summed E-state index contributed by atoms with van der Waals surface area (Å²) in [6, 6.07) is 14.6. The molecule has 0 spiro atoms. The molecule has 0 aromatic heterocycles. The van der Waals surface area contributed by atoms with Crippen LogP contribution in [0.2, 0.25) is 0 Å². The first-order valence-electron chi connectivity index (χ1n) is 8.00. The number of urea groups is 1. The van der Waals surface area contributed by atoms with E-state index in [1.165, 1.54) is 0 Å². The molecule has 0 saturated carbocycles.